The topological polar surface area (TPSA) is 9.23 Å². The Bertz CT molecular complexity index is 113. The molecule has 0 aromatic heterocycles. The van der Waals surface area contributed by atoms with Gasteiger partial charge < -0.3 is 4.74 Å². The third kappa shape index (κ3) is 3.25. The molecular formula is C9H12O. The SMILES string of the molecule is C1COC1.c1ccccc1. The Morgan fingerprint density at radius 2 is 0.900 bits per heavy atom. The Kier molecular flexibility index (Phi) is 3.65. The molecule has 0 spiro atoms. The summed E-state index contributed by atoms with van der Waals surface area (Å²) in [5.74, 6) is 0. The maximum Gasteiger partial charge on any atom is 0.0488 e. The molecule has 0 saturated carbocycles. The lowest BCUT2D eigenvalue weighted by molar-refractivity contribution is 0.0367. The summed E-state index contributed by atoms with van der Waals surface area (Å²) in [6.07, 6.45) is 1.28. The summed E-state index contributed by atoms with van der Waals surface area (Å²) in [6, 6.07) is 12.0. The zero-order valence-corrected chi connectivity index (χ0v) is 5.99. The highest BCUT2D eigenvalue weighted by molar-refractivity contribution is 4.99. The second-order valence-electron chi connectivity index (χ2n) is 2.12. The van der Waals surface area contributed by atoms with Gasteiger partial charge in [-0.25, -0.2) is 0 Å². The average Bonchev–Trinajstić information content (AvgIpc) is 1.88. The van der Waals surface area contributed by atoms with Gasteiger partial charge in [0.1, 0.15) is 0 Å². The van der Waals surface area contributed by atoms with Crippen molar-refractivity contribution in [3.05, 3.63) is 36.4 Å². The maximum atomic E-state index is 4.72. The summed E-state index contributed by atoms with van der Waals surface area (Å²) in [7, 11) is 0. The predicted octanol–water partition coefficient (Wildman–Crippen LogP) is 2.09. The first-order valence-electron chi connectivity index (χ1n) is 3.58. The number of hydrogen-bond donors (Lipinski definition) is 0. The molecule has 1 nitrogen and oxygen atoms in total. The minimum absolute atomic E-state index is 1.00. The van der Waals surface area contributed by atoms with E-state index in [1.807, 2.05) is 36.4 Å². The monoisotopic (exact) mass is 136 g/mol. The molecule has 0 atom stereocenters. The van der Waals surface area contributed by atoms with Crippen LogP contribution in [0.2, 0.25) is 0 Å². The number of hydrogen-bond acceptors (Lipinski definition) is 1. The molecule has 2 rings (SSSR count). The molecule has 1 heterocycles. The Hall–Kier alpha value is -0.820. The summed E-state index contributed by atoms with van der Waals surface area (Å²) in [6.45, 7) is 2.00. The third-order valence-corrected chi connectivity index (χ3v) is 1.24. The Morgan fingerprint density at radius 3 is 1.00 bits per heavy atom. The molecule has 1 aliphatic heterocycles. The van der Waals surface area contributed by atoms with Crippen LogP contribution in [0.4, 0.5) is 0 Å². The van der Waals surface area contributed by atoms with Crippen LogP contribution in [0.25, 0.3) is 0 Å². The van der Waals surface area contributed by atoms with Crippen LogP contribution < -0.4 is 0 Å². The zero-order valence-electron chi connectivity index (χ0n) is 5.99. The third-order valence-electron chi connectivity index (χ3n) is 1.24. The number of ether oxygens (including phenoxy) is 1. The highest BCUT2D eigenvalue weighted by Gasteiger charge is 1.94. The maximum absolute atomic E-state index is 4.72. The second kappa shape index (κ2) is 5.00. The van der Waals surface area contributed by atoms with E-state index in [1.54, 1.807) is 0 Å². The Balaban J connectivity index is 0.000000108. The molecule has 0 amide bonds. The molecule has 0 aliphatic carbocycles. The van der Waals surface area contributed by atoms with Crippen molar-refractivity contribution in [2.75, 3.05) is 13.2 Å². The van der Waals surface area contributed by atoms with E-state index in [-0.39, 0.29) is 0 Å². The van der Waals surface area contributed by atoms with Gasteiger partial charge in [-0.3, -0.25) is 0 Å². The molecule has 1 fully saturated rings. The predicted molar refractivity (Wildman–Crippen MR) is 41.9 cm³/mol. The van der Waals surface area contributed by atoms with E-state index in [4.69, 9.17) is 4.74 Å². The van der Waals surface area contributed by atoms with Crippen molar-refractivity contribution in [3.8, 4) is 0 Å². The molecule has 1 aromatic carbocycles. The van der Waals surface area contributed by atoms with E-state index < -0.39 is 0 Å². The molecule has 54 valence electrons. The van der Waals surface area contributed by atoms with Crippen LogP contribution in [0.1, 0.15) is 6.42 Å². The van der Waals surface area contributed by atoms with Crippen molar-refractivity contribution in [2.24, 2.45) is 0 Å². The van der Waals surface area contributed by atoms with Crippen LogP contribution in [-0.2, 0) is 4.74 Å². The molecule has 10 heavy (non-hydrogen) atoms. The average molecular weight is 136 g/mol. The summed E-state index contributed by atoms with van der Waals surface area (Å²) in [5, 5.41) is 0. The van der Waals surface area contributed by atoms with Crippen LogP contribution in [0.3, 0.4) is 0 Å². The van der Waals surface area contributed by atoms with Crippen LogP contribution >= 0.6 is 0 Å². The Morgan fingerprint density at radius 1 is 0.700 bits per heavy atom. The minimum atomic E-state index is 1.00. The number of benzene rings is 1. The van der Waals surface area contributed by atoms with Gasteiger partial charge in [0, 0.05) is 13.2 Å². The van der Waals surface area contributed by atoms with Gasteiger partial charge in [-0.05, 0) is 6.42 Å². The lowest BCUT2D eigenvalue weighted by Crippen LogP contribution is -2.09. The van der Waals surface area contributed by atoms with Crippen molar-refractivity contribution in [3.63, 3.8) is 0 Å². The van der Waals surface area contributed by atoms with Gasteiger partial charge in [0.05, 0.1) is 0 Å². The number of rotatable bonds is 0. The van der Waals surface area contributed by atoms with Crippen molar-refractivity contribution < 1.29 is 4.74 Å². The summed E-state index contributed by atoms with van der Waals surface area (Å²) < 4.78 is 4.72. The van der Waals surface area contributed by atoms with Crippen molar-refractivity contribution in [1.29, 1.82) is 0 Å². The minimum Gasteiger partial charge on any atom is -0.381 e. The highest BCUT2D eigenvalue weighted by atomic mass is 16.5. The van der Waals surface area contributed by atoms with Gasteiger partial charge in [0.15, 0.2) is 0 Å². The van der Waals surface area contributed by atoms with Crippen LogP contribution in [0.15, 0.2) is 36.4 Å². The first kappa shape index (κ1) is 7.29. The van der Waals surface area contributed by atoms with E-state index in [1.165, 1.54) is 6.42 Å². The largest absolute Gasteiger partial charge is 0.381 e. The van der Waals surface area contributed by atoms with Gasteiger partial charge in [-0.15, -0.1) is 0 Å². The zero-order chi connectivity index (χ0) is 7.07. The van der Waals surface area contributed by atoms with E-state index in [0.717, 1.165) is 13.2 Å². The molecule has 0 unspecified atom stereocenters. The molecule has 1 saturated heterocycles. The molecule has 1 aliphatic rings. The Labute approximate surface area is 61.6 Å². The first-order chi connectivity index (χ1) is 5.00. The summed E-state index contributed by atoms with van der Waals surface area (Å²) in [4.78, 5) is 0. The van der Waals surface area contributed by atoms with Crippen LogP contribution in [0, 0.1) is 0 Å². The summed E-state index contributed by atoms with van der Waals surface area (Å²) in [5.41, 5.74) is 0. The van der Waals surface area contributed by atoms with Crippen molar-refractivity contribution >= 4 is 0 Å². The fourth-order valence-electron chi connectivity index (χ4n) is 0.529. The lowest BCUT2D eigenvalue weighted by Gasteiger charge is -2.09. The van der Waals surface area contributed by atoms with Crippen LogP contribution in [0.5, 0.6) is 0 Å². The smallest absolute Gasteiger partial charge is 0.0488 e. The fourth-order valence-corrected chi connectivity index (χ4v) is 0.529. The molecular weight excluding hydrogens is 124 g/mol. The molecule has 0 radical (unpaired) electrons. The quantitative estimate of drug-likeness (QED) is 0.530. The lowest BCUT2D eigenvalue weighted by atomic mass is 10.4. The molecule has 0 N–H and O–H groups in total. The molecule has 1 aromatic rings. The fraction of sp³-hybridized carbons (Fsp3) is 0.333. The molecule has 1 heteroatoms. The van der Waals surface area contributed by atoms with Crippen LogP contribution in [-0.4, -0.2) is 13.2 Å². The standard InChI is InChI=1S/C6H6.C3H6O/c1-2-4-6-5-3-1;1-2-4-3-1/h1-6H;1-3H2. The summed E-state index contributed by atoms with van der Waals surface area (Å²) >= 11 is 0. The second-order valence-corrected chi connectivity index (χ2v) is 2.12. The highest BCUT2D eigenvalue weighted by Crippen LogP contribution is 1.93. The van der Waals surface area contributed by atoms with Gasteiger partial charge in [-0.1, -0.05) is 36.4 Å². The first-order valence-corrected chi connectivity index (χ1v) is 3.58. The van der Waals surface area contributed by atoms with Gasteiger partial charge in [0.2, 0.25) is 0 Å². The van der Waals surface area contributed by atoms with Crippen molar-refractivity contribution in [1.82, 2.24) is 0 Å². The van der Waals surface area contributed by atoms with E-state index in [0.29, 0.717) is 0 Å². The van der Waals surface area contributed by atoms with Gasteiger partial charge >= 0.3 is 0 Å². The van der Waals surface area contributed by atoms with E-state index in [2.05, 4.69) is 0 Å². The van der Waals surface area contributed by atoms with E-state index in [9.17, 15) is 0 Å². The molecule has 0 bridgehead atoms. The van der Waals surface area contributed by atoms with E-state index >= 15 is 0 Å². The van der Waals surface area contributed by atoms with Gasteiger partial charge in [-0.2, -0.15) is 0 Å². The van der Waals surface area contributed by atoms with Gasteiger partial charge in [0.25, 0.3) is 0 Å². The van der Waals surface area contributed by atoms with Crippen molar-refractivity contribution in [2.45, 2.75) is 6.42 Å². The normalized spacial score (nSPS) is 14.4.